The molecule has 1 amide bonds. The van der Waals surface area contributed by atoms with Gasteiger partial charge >= 0.3 is 0 Å². The number of nitrogens with zero attached hydrogens (tertiary/aromatic N) is 1. The summed E-state index contributed by atoms with van der Waals surface area (Å²) in [6, 6.07) is 8.04. The van der Waals surface area contributed by atoms with Crippen LogP contribution in [0, 0.1) is 0 Å². The van der Waals surface area contributed by atoms with E-state index in [2.05, 4.69) is 22.3 Å². The largest absolute Gasteiger partial charge is 0.493 e. The monoisotopic (exact) mass is 300 g/mol. The Labute approximate surface area is 129 Å². The number of rotatable bonds is 5. The Balaban J connectivity index is 1.71. The summed E-state index contributed by atoms with van der Waals surface area (Å²) in [5.41, 5.74) is 2.96. The van der Waals surface area contributed by atoms with Gasteiger partial charge in [0, 0.05) is 13.0 Å². The van der Waals surface area contributed by atoms with Crippen molar-refractivity contribution in [3.63, 3.8) is 0 Å². The molecule has 0 unspecified atom stereocenters. The lowest BCUT2D eigenvalue weighted by Crippen LogP contribution is -2.34. The highest BCUT2D eigenvalue weighted by Gasteiger charge is 2.19. The molecule has 3 rings (SSSR count). The summed E-state index contributed by atoms with van der Waals surface area (Å²) in [5.74, 6) is 0.855. The first-order valence-electron chi connectivity index (χ1n) is 7.37. The molecule has 0 aliphatic carbocycles. The lowest BCUT2D eigenvalue weighted by molar-refractivity contribution is 0.0941. The van der Waals surface area contributed by atoms with Gasteiger partial charge in [-0.2, -0.15) is 0 Å². The van der Waals surface area contributed by atoms with Crippen molar-refractivity contribution in [3.05, 3.63) is 53.5 Å². The summed E-state index contributed by atoms with van der Waals surface area (Å²) in [6.45, 7) is 1.29. The highest BCUT2D eigenvalue weighted by atomic mass is 16.5. The Bertz CT molecular complexity index is 650. The predicted molar refractivity (Wildman–Crippen MR) is 83.1 cm³/mol. The third-order valence-corrected chi connectivity index (χ3v) is 3.96. The van der Waals surface area contributed by atoms with Crippen LogP contribution in [0.3, 0.4) is 0 Å². The highest BCUT2D eigenvalue weighted by molar-refractivity contribution is 5.93. The van der Waals surface area contributed by atoms with Crippen LogP contribution < -0.4 is 10.1 Å². The van der Waals surface area contributed by atoms with Gasteiger partial charge < -0.3 is 19.4 Å². The lowest BCUT2D eigenvalue weighted by Gasteiger charge is -2.25. The maximum atomic E-state index is 12.0. The van der Waals surface area contributed by atoms with Gasteiger partial charge in [-0.15, -0.1) is 0 Å². The predicted octanol–water partition coefficient (Wildman–Crippen LogP) is 2.25. The molecule has 0 fully saturated rings. The minimum atomic E-state index is -0.120. The topological polar surface area (TPSA) is 54.7 Å². The van der Waals surface area contributed by atoms with E-state index in [0.717, 1.165) is 18.8 Å². The molecule has 22 heavy (non-hydrogen) atoms. The summed E-state index contributed by atoms with van der Waals surface area (Å²) in [7, 11) is 4.02. The van der Waals surface area contributed by atoms with Crippen molar-refractivity contribution < 1.29 is 13.9 Å². The van der Waals surface area contributed by atoms with E-state index < -0.39 is 0 Å². The van der Waals surface area contributed by atoms with Crippen LogP contribution in [-0.4, -0.2) is 38.1 Å². The Morgan fingerprint density at radius 2 is 2.23 bits per heavy atom. The van der Waals surface area contributed by atoms with Crippen molar-refractivity contribution in [3.8, 4) is 5.75 Å². The number of carbonyl (C=O) groups excluding carboxylic acids is 1. The second kappa shape index (κ2) is 6.23. The van der Waals surface area contributed by atoms with E-state index in [9.17, 15) is 4.79 Å². The van der Waals surface area contributed by atoms with Crippen LogP contribution in [0.1, 0.15) is 27.5 Å². The van der Waals surface area contributed by atoms with E-state index in [1.165, 1.54) is 23.7 Å². The van der Waals surface area contributed by atoms with E-state index in [-0.39, 0.29) is 11.9 Å². The third kappa shape index (κ3) is 2.99. The normalized spacial score (nSPS) is 14.5. The molecular weight excluding hydrogens is 280 g/mol. The molecular formula is C17H20N2O3. The summed E-state index contributed by atoms with van der Waals surface area (Å²) < 4.78 is 10.5. The summed E-state index contributed by atoms with van der Waals surface area (Å²) in [5, 5.41) is 2.96. The summed E-state index contributed by atoms with van der Waals surface area (Å²) >= 11 is 0. The minimum Gasteiger partial charge on any atom is -0.493 e. The van der Waals surface area contributed by atoms with Gasteiger partial charge in [0.05, 0.1) is 24.5 Å². The molecule has 5 heteroatoms. The zero-order valence-electron chi connectivity index (χ0n) is 12.8. The number of nitrogens with one attached hydrogen (secondary N) is 1. The van der Waals surface area contributed by atoms with E-state index in [0.29, 0.717) is 12.1 Å². The molecule has 1 aliphatic heterocycles. The first kappa shape index (κ1) is 14.7. The van der Waals surface area contributed by atoms with Gasteiger partial charge in [0.25, 0.3) is 5.91 Å². The number of furan rings is 1. The fourth-order valence-electron chi connectivity index (χ4n) is 2.70. The molecule has 2 aromatic rings. The molecule has 1 aliphatic rings. The number of hydrogen-bond acceptors (Lipinski definition) is 4. The molecule has 2 heterocycles. The maximum Gasteiger partial charge on any atom is 0.254 e. The van der Waals surface area contributed by atoms with Gasteiger partial charge in [-0.1, -0.05) is 12.1 Å². The van der Waals surface area contributed by atoms with Crippen molar-refractivity contribution in [1.29, 1.82) is 0 Å². The Kier molecular flexibility index (Phi) is 4.15. The van der Waals surface area contributed by atoms with Gasteiger partial charge in [0.15, 0.2) is 0 Å². The van der Waals surface area contributed by atoms with Crippen molar-refractivity contribution >= 4 is 5.91 Å². The Hall–Kier alpha value is -2.27. The van der Waals surface area contributed by atoms with Crippen molar-refractivity contribution in [2.75, 3.05) is 27.2 Å². The van der Waals surface area contributed by atoms with Gasteiger partial charge in [0.2, 0.25) is 0 Å². The maximum absolute atomic E-state index is 12.0. The molecule has 0 bridgehead atoms. The molecule has 0 radical (unpaired) electrons. The zero-order chi connectivity index (χ0) is 15.5. The first-order chi connectivity index (χ1) is 10.6. The fourth-order valence-corrected chi connectivity index (χ4v) is 2.70. The van der Waals surface area contributed by atoms with Gasteiger partial charge in [-0.05, 0) is 37.4 Å². The molecule has 1 aromatic heterocycles. The van der Waals surface area contributed by atoms with Gasteiger partial charge in [-0.3, -0.25) is 4.79 Å². The molecule has 1 N–H and O–H groups in total. The molecule has 0 spiro atoms. The number of amides is 1. The highest BCUT2D eigenvalue weighted by Crippen LogP contribution is 2.29. The number of hydrogen-bond donors (Lipinski definition) is 1. The van der Waals surface area contributed by atoms with Crippen molar-refractivity contribution in [2.24, 2.45) is 0 Å². The van der Waals surface area contributed by atoms with Crippen LogP contribution >= 0.6 is 0 Å². The summed E-state index contributed by atoms with van der Waals surface area (Å²) in [4.78, 5) is 14.1. The minimum absolute atomic E-state index is 0.113. The number of fused-ring (bicyclic) bond motifs is 1. The quantitative estimate of drug-likeness (QED) is 0.920. The SMILES string of the molecule is CN(C)[C@H](CNC(=O)c1ccoc1)c1ccc2c(c1)CCO2. The van der Waals surface area contributed by atoms with Crippen LogP contribution in [0.2, 0.25) is 0 Å². The molecule has 116 valence electrons. The van der Waals surface area contributed by atoms with E-state index in [4.69, 9.17) is 9.15 Å². The number of benzene rings is 1. The second-order valence-corrected chi connectivity index (χ2v) is 5.67. The van der Waals surface area contributed by atoms with E-state index >= 15 is 0 Å². The number of ether oxygens (including phenoxy) is 1. The van der Waals surface area contributed by atoms with Gasteiger partial charge in [0.1, 0.15) is 12.0 Å². The molecule has 1 aromatic carbocycles. The summed E-state index contributed by atoms with van der Waals surface area (Å²) in [6.07, 6.45) is 3.90. The first-order valence-corrected chi connectivity index (χ1v) is 7.37. The van der Waals surface area contributed by atoms with Crippen molar-refractivity contribution in [2.45, 2.75) is 12.5 Å². The van der Waals surface area contributed by atoms with Crippen LogP contribution in [-0.2, 0) is 6.42 Å². The van der Waals surface area contributed by atoms with E-state index in [1.54, 1.807) is 6.07 Å². The molecule has 0 saturated carbocycles. The lowest BCUT2D eigenvalue weighted by atomic mass is 10.0. The molecule has 5 nitrogen and oxygen atoms in total. The average Bonchev–Trinajstić information content (AvgIpc) is 3.17. The smallest absolute Gasteiger partial charge is 0.254 e. The number of likely N-dealkylation sites (N-methyl/N-ethyl adjacent to an activating group) is 1. The zero-order valence-corrected chi connectivity index (χ0v) is 12.8. The molecule has 0 saturated heterocycles. The van der Waals surface area contributed by atoms with Crippen LogP contribution in [0.25, 0.3) is 0 Å². The number of carbonyl (C=O) groups is 1. The fraction of sp³-hybridized carbons (Fsp3) is 0.353. The molecule has 1 atom stereocenters. The van der Waals surface area contributed by atoms with Crippen LogP contribution in [0.4, 0.5) is 0 Å². The standard InChI is InChI=1S/C17H20N2O3/c1-19(2)15(10-18-17(20)14-5-7-21-11-14)12-3-4-16-13(9-12)6-8-22-16/h3-5,7,9,11,15H,6,8,10H2,1-2H3,(H,18,20)/t15-/m1/s1. The Morgan fingerprint density at radius 3 is 2.95 bits per heavy atom. The average molecular weight is 300 g/mol. The van der Waals surface area contributed by atoms with Crippen LogP contribution in [0.5, 0.6) is 5.75 Å². The van der Waals surface area contributed by atoms with Crippen LogP contribution in [0.15, 0.2) is 41.2 Å². The Morgan fingerprint density at radius 1 is 1.36 bits per heavy atom. The van der Waals surface area contributed by atoms with E-state index in [1.807, 2.05) is 20.2 Å². The second-order valence-electron chi connectivity index (χ2n) is 5.67. The van der Waals surface area contributed by atoms with Crippen molar-refractivity contribution in [1.82, 2.24) is 10.2 Å². The third-order valence-electron chi connectivity index (χ3n) is 3.96. The van der Waals surface area contributed by atoms with Gasteiger partial charge in [-0.25, -0.2) is 0 Å².